The Morgan fingerprint density at radius 3 is 2.65 bits per heavy atom. The first-order valence-corrected chi connectivity index (χ1v) is 7.22. The Balaban J connectivity index is 2.58. The first-order valence-electron chi connectivity index (χ1n) is 5.97. The minimum atomic E-state index is -0.0847. The summed E-state index contributed by atoms with van der Waals surface area (Å²) in [5.74, 6) is 0.576. The summed E-state index contributed by atoms with van der Waals surface area (Å²) in [6.07, 6.45) is 0.987. The van der Waals surface area contributed by atoms with Gasteiger partial charge in [-0.15, -0.1) is 0 Å². The van der Waals surface area contributed by atoms with Crippen molar-refractivity contribution >= 4 is 28.5 Å². The summed E-state index contributed by atoms with van der Waals surface area (Å²) in [5, 5.41) is 0. The summed E-state index contributed by atoms with van der Waals surface area (Å²) in [6, 6.07) is 0. The summed E-state index contributed by atoms with van der Waals surface area (Å²) in [4.78, 5) is 14.3. The van der Waals surface area contributed by atoms with Crippen molar-refractivity contribution in [3.63, 3.8) is 0 Å². The van der Waals surface area contributed by atoms with Gasteiger partial charge in [-0.05, 0) is 13.3 Å². The minimum Gasteiger partial charge on any atom is -0.384 e. The van der Waals surface area contributed by atoms with Crippen LogP contribution in [0.25, 0.3) is 0 Å². The minimum absolute atomic E-state index is 0.0347. The van der Waals surface area contributed by atoms with Crippen LogP contribution in [0.2, 0.25) is 0 Å². The van der Waals surface area contributed by atoms with Crippen molar-refractivity contribution in [2.75, 3.05) is 27.4 Å². The van der Waals surface area contributed by atoms with Gasteiger partial charge >= 0.3 is 0 Å². The number of carbonyl (C=O) groups is 1. The van der Waals surface area contributed by atoms with Gasteiger partial charge in [0, 0.05) is 26.7 Å². The molecule has 4 atom stereocenters. The molecule has 0 N–H and O–H groups in total. The Bertz CT molecular complexity index is 262. The molecule has 1 amide bonds. The predicted molar refractivity (Wildman–Crippen MR) is 75.1 cm³/mol. The van der Waals surface area contributed by atoms with Gasteiger partial charge in [0.1, 0.15) is 0 Å². The van der Waals surface area contributed by atoms with Crippen LogP contribution in [0.1, 0.15) is 20.3 Å². The number of rotatable bonds is 5. The Morgan fingerprint density at radius 2 is 2.12 bits per heavy atom. The standard InChI is InChI=1S/C12H22INO3/c1-8(9(2)17-4)12(15)14-6-10(7-16-3)5-11(14)13/h8-11H,5-7H2,1-4H3/t8?,9?,10?,11-/m0/s1. The maximum Gasteiger partial charge on any atom is 0.228 e. The van der Waals surface area contributed by atoms with E-state index in [9.17, 15) is 4.79 Å². The molecule has 1 aliphatic heterocycles. The molecule has 0 aliphatic carbocycles. The average molecular weight is 355 g/mol. The normalized spacial score (nSPS) is 28.2. The number of alkyl halides is 1. The van der Waals surface area contributed by atoms with Gasteiger partial charge in [0.05, 0.1) is 22.7 Å². The van der Waals surface area contributed by atoms with E-state index in [-0.39, 0.29) is 22.0 Å². The second-order valence-electron chi connectivity index (χ2n) is 4.71. The van der Waals surface area contributed by atoms with Crippen LogP contribution in [0.5, 0.6) is 0 Å². The van der Waals surface area contributed by atoms with Gasteiger partial charge in [0.15, 0.2) is 0 Å². The van der Waals surface area contributed by atoms with E-state index in [1.54, 1.807) is 14.2 Å². The second kappa shape index (κ2) is 6.89. The van der Waals surface area contributed by atoms with Crippen molar-refractivity contribution in [1.82, 2.24) is 4.90 Å². The quantitative estimate of drug-likeness (QED) is 0.430. The molecule has 0 aromatic heterocycles. The molecule has 4 nitrogen and oxygen atoms in total. The maximum absolute atomic E-state index is 12.3. The Kier molecular flexibility index (Phi) is 6.16. The van der Waals surface area contributed by atoms with Gasteiger partial charge in [-0.3, -0.25) is 4.79 Å². The molecule has 0 radical (unpaired) electrons. The fourth-order valence-electron chi connectivity index (χ4n) is 2.12. The summed E-state index contributed by atoms with van der Waals surface area (Å²) >= 11 is 2.34. The lowest BCUT2D eigenvalue weighted by Gasteiger charge is -2.26. The summed E-state index contributed by atoms with van der Waals surface area (Å²) in [5.41, 5.74) is 0. The predicted octanol–water partition coefficient (Wildman–Crippen LogP) is 1.91. The summed E-state index contributed by atoms with van der Waals surface area (Å²) in [7, 11) is 3.36. The molecule has 5 heteroatoms. The Morgan fingerprint density at radius 1 is 1.47 bits per heavy atom. The highest BCUT2D eigenvalue weighted by Gasteiger charge is 2.36. The molecule has 100 valence electrons. The van der Waals surface area contributed by atoms with Crippen LogP contribution in [-0.4, -0.2) is 48.3 Å². The zero-order chi connectivity index (χ0) is 13.0. The lowest BCUT2D eigenvalue weighted by Crippen LogP contribution is -2.40. The fraction of sp³-hybridized carbons (Fsp3) is 0.917. The fourth-order valence-corrected chi connectivity index (χ4v) is 3.34. The molecule has 1 rings (SSSR count). The van der Waals surface area contributed by atoms with Crippen LogP contribution in [-0.2, 0) is 14.3 Å². The third-order valence-corrected chi connectivity index (χ3v) is 4.65. The number of methoxy groups -OCH3 is 2. The van der Waals surface area contributed by atoms with Gasteiger partial charge in [-0.25, -0.2) is 0 Å². The lowest BCUT2D eigenvalue weighted by atomic mass is 10.0. The highest BCUT2D eigenvalue weighted by Crippen LogP contribution is 2.29. The third-order valence-electron chi connectivity index (χ3n) is 3.47. The van der Waals surface area contributed by atoms with Crippen molar-refractivity contribution in [1.29, 1.82) is 0 Å². The van der Waals surface area contributed by atoms with Crippen molar-refractivity contribution in [3.8, 4) is 0 Å². The first-order chi connectivity index (χ1) is 8.01. The molecule has 1 saturated heterocycles. The molecule has 0 spiro atoms. The number of halogens is 1. The van der Waals surface area contributed by atoms with E-state index >= 15 is 0 Å². The van der Waals surface area contributed by atoms with E-state index in [1.807, 2.05) is 18.7 Å². The van der Waals surface area contributed by atoms with Gasteiger partial charge in [0.25, 0.3) is 0 Å². The van der Waals surface area contributed by atoms with E-state index in [0.29, 0.717) is 5.92 Å². The molecule has 1 heterocycles. The number of carbonyl (C=O) groups excluding carboxylic acids is 1. The largest absolute Gasteiger partial charge is 0.384 e. The number of hydrogen-bond acceptors (Lipinski definition) is 3. The first kappa shape index (κ1) is 15.2. The van der Waals surface area contributed by atoms with Crippen LogP contribution < -0.4 is 0 Å². The molecule has 0 bridgehead atoms. The number of likely N-dealkylation sites (tertiary alicyclic amines) is 1. The maximum atomic E-state index is 12.3. The third kappa shape index (κ3) is 3.79. The SMILES string of the molecule is COCC1C[C@@H](I)N(C(=O)C(C)C(C)OC)C1. The zero-order valence-corrected chi connectivity index (χ0v) is 13.1. The van der Waals surface area contributed by atoms with Gasteiger partial charge < -0.3 is 14.4 Å². The van der Waals surface area contributed by atoms with Crippen LogP contribution in [0.3, 0.4) is 0 Å². The van der Waals surface area contributed by atoms with Crippen LogP contribution in [0.15, 0.2) is 0 Å². The summed E-state index contributed by atoms with van der Waals surface area (Å²) < 4.78 is 10.7. The lowest BCUT2D eigenvalue weighted by molar-refractivity contribution is -0.138. The molecule has 1 fully saturated rings. The molecule has 0 aromatic carbocycles. The average Bonchev–Trinajstić information content (AvgIpc) is 2.68. The van der Waals surface area contributed by atoms with Crippen LogP contribution in [0, 0.1) is 11.8 Å². The van der Waals surface area contributed by atoms with E-state index in [1.165, 1.54) is 0 Å². The second-order valence-corrected chi connectivity index (χ2v) is 6.15. The van der Waals surface area contributed by atoms with Gasteiger partial charge in [-0.1, -0.05) is 29.5 Å². The molecule has 0 saturated carbocycles. The molecule has 3 unspecified atom stereocenters. The van der Waals surface area contributed by atoms with Crippen molar-refractivity contribution in [2.45, 2.75) is 30.4 Å². The van der Waals surface area contributed by atoms with Gasteiger partial charge in [0.2, 0.25) is 5.91 Å². The number of hydrogen-bond donors (Lipinski definition) is 0. The van der Waals surface area contributed by atoms with Crippen LogP contribution >= 0.6 is 22.6 Å². The van der Waals surface area contributed by atoms with Gasteiger partial charge in [-0.2, -0.15) is 0 Å². The number of ether oxygens (including phenoxy) is 2. The zero-order valence-electron chi connectivity index (χ0n) is 11.0. The molecule has 0 aromatic rings. The van der Waals surface area contributed by atoms with E-state index < -0.39 is 0 Å². The highest BCUT2D eigenvalue weighted by atomic mass is 127. The number of amides is 1. The van der Waals surface area contributed by atoms with E-state index in [2.05, 4.69) is 22.6 Å². The molecule has 17 heavy (non-hydrogen) atoms. The smallest absolute Gasteiger partial charge is 0.228 e. The van der Waals surface area contributed by atoms with E-state index in [0.717, 1.165) is 19.6 Å². The molecule has 1 aliphatic rings. The number of nitrogens with zero attached hydrogens (tertiary/aromatic N) is 1. The van der Waals surface area contributed by atoms with Crippen molar-refractivity contribution in [2.24, 2.45) is 11.8 Å². The Labute approximate surface area is 117 Å². The molecular weight excluding hydrogens is 333 g/mol. The highest BCUT2D eigenvalue weighted by molar-refractivity contribution is 14.1. The van der Waals surface area contributed by atoms with Crippen LogP contribution in [0.4, 0.5) is 0 Å². The van der Waals surface area contributed by atoms with Crippen molar-refractivity contribution in [3.05, 3.63) is 0 Å². The van der Waals surface area contributed by atoms with E-state index in [4.69, 9.17) is 9.47 Å². The summed E-state index contributed by atoms with van der Waals surface area (Å²) in [6.45, 7) is 5.41. The Hall–Kier alpha value is 0.120. The van der Waals surface area contributed by atoms with Crippen molar-refractivity contribution < 1.29 is 14.3 Å². The monoisotopic (exact) mass is 355 g/mol. The molecular formula is C12H22INO3. The topological polar surface area (TPSA) is 38.8 Å².